The molecule has 0 amide bonds. The largest absolute Gasteiger partial charge is 0.415 e. The maximum absolute atomic E-state index is 5.77. The Morgan fingerprint density at radius 3 is 2.52 bits per heavy atom. The van der Waals surface area contributed by atoms with Gasteiger partial charge in [-0.1, -0.05) is 15.9 Å². The highest BCUT2D eigenvalue weighted by molar-refractivity contribution is 9.10. The Labute approximate surface area is 148 Å². The summed E-state index contributed by atoms with van der Waals surface area (Å²) in [6.45, 7) is 2.03. The van der Waals surface area contributed by atoms with Crippen molar-refractivity contribution in [2.75, 3.05) is 0 Å². The standard InChI is InChI=1S/C16H10Br2N4O/c1-9-6-12(18)14-19-13(8-22(14)7-9)16-21-20-15(23-16)10-2-4-11(17)5-3-10/h2-8H,1H3. The zero-order chi connectivity index (χ0) is 16.0. The third kappa shape index (κ3) is 2.70. The maximum Gasteiger partial charge on any atom is 0.268 e. The Bertz CT molecular complexity index is 1000. The summed E-state index contributed by atoms with van der Waals surface area (Å²) in [5.41, 5.74) is 3.46. The molecule has 0 unspecified atom stereocenters. The molecule has 0 N–H and O–H groups in total. The highest BCUT2D eigenvalue weighted by atomic mass is 79.9. The van der Waals surface area contributed by atoms with E-state index in [0.29, 0.717) is 17.5 Å². The highest BCUT2D eigenvalue weighted by Gasteiger charge is 2.15. The van der Waals surface area contributed by atoms with E-state index in [4.69, 9.17) is 4.42 Å². The Hall–Kier alpha value is -1.99. The molecule has 1 aromatic carbocycles. The van der Waals surface area contributed by atoms with Gasteiger partial charge in [0.05, 0.1) is 4.47 Å². The number of rotatable bonds is 2. The van der Waals surface area contributed by atoms with Gasteiger partial charge in [0.1, 0.15) is 5.69 Å². The topological polar surface area (TPSA) is 56.2 Å². The van der Waals surface area contributed by atoms with E-state index in [9.17, 15) is 0 Å². The Morgan fingerprint density at radius 2 is 1.74 bits per heavy atom. The van der Waals surface area contributed by atoms with Crippen LogP contribution in [-0.2, 0) is 0 Å². The summed E-state index contributed by atoms with van der Waals surface area (Å²) in [4.78, 5) is 4.56. The van der Waals surface area contributed by atoms with Crippen molar-refractivity contribution < 1.29 is 4.42 Å². The molecule has 0 saturated carbocycles. The van der Waals surface area contributed by atoms with Gasteiger partial charge >= 0.3 is 0 Å². The molecule has 3 aromatic heterocycles. The van der Waals surface area contributed by atoms with Crippen molar-refractivity contribution in [1.29, 1.82) is 0 Å². The first kappa shape index (κ1) is 14.6. The Balaban J connectivity index is 1.77. The van der Waals surface area contributed by atoms with E-state index < -0.39 is 0 Å². The minimum Gasteiger partial charge on any atom is -0.415 e. The normalized spacial score (nSPS) is 11.3. The van der Waals surface area contributed by atoms with Crippen LogP contribution in [0, 0.1) is 6.92 Å². The molecule has 0 aliphatic rings. The van der Waals surface area contributed by atoms with Crippen LogP contribution in [0.3, 0.4) is 0 Å². The number of fused-ring (bicyclic) bond motifs is 1. The summed E-state index contributed by atoms with van der Waals surface area (Å²) >= 11 is 6.94. The summed E-state index contributed by atoms with van der Waals surface area (Å²) in [7, 11) is 0. The minimum atomic E-state index is 0.399. The predicted molar refractivity (Wildman–Crippen MR) is 94.1 cm³/mol. The van der Waals surface area contributed by atoms with Crippen LogP contribution in [-0.4, -0.2) is 19.6 Å². The summed E-state index contributed by atoms with van der Waals surface area (Å²) in [5.74, 6) is 0.871. The van der Waals surface area contributed by atoms with Gasteiger partial charge in [-0.05, 0) is 58.7 Å². The Kier molecular flexibility index (Phi) is 3.54. The third-order valence-electron chi connectivity index (χ3n) is 3.38. The van der Waals surface area contributed by atoms with Crippen LogP contribution in [0.15, 0.2) is 56.1 Å². The highest BCUT2D eigenvalue weighted by Crippen LogP contribution is 2.27. The zero-order valence-electron chi connectivity index (χ0n) is 12.0. The second-order valence-electron chi connectivity index (χ2n) is 5.14. The molecule has 0 fully saturated rings. The first-order chi connectivity index (χ1) is 11.1. The molecule has 5 nitrogen and oxygen atoms in total. The van der Waals surface area contributed by atoms with Crippen molar-refractivity contribution >= 4 is 37.5 Å². The number of benzene rings is 1. The van der Waals surface area contributed by atoms with Gasteiger partial charge in [-0.2, -0.15) is 0 Å². The SMILES string of the molecule is Cc1cc(Br)c2nc(-c3nnc(-c4ccc(Br)cc4)o3)cn2c1. The van der Waals surface area contributed by atoms with Crippen LogP contribution in [0.25, 0.3) is 28.7 Å². The van der Waals surface area contributed by atoms with E-state index >= 15 is 0 Å². The lowest BCUT2D eigenvalue weighted by Crippen LogP contribution is -1.85. The van der Waals surface area contributed by atoms with E-state index in [1.807, 2.05) is 54.0 Å². The number of nitrogens with zero attached hydrogens (tertiary/aromatic N) is 4. The molecule has 0 radical (unpaired) electrons. The van der Waals surface area contributed by atoms with Gasteiger partial charge in [0.25, 0.3) is 5.89 Å². The van der Waals surface area contributed by atoms with Gasteiger partial charge < -0.3 is 8.82 Å². The lowest BCUT2D eigenvalue weighted by molar-refractivity contribution is 0.582. The fraction of sp³-hybridized carbons (Fsp3) is 0.0625. The van der Waals surface area contributed by atoms with E-state index in [1.165, 1.54) is 0 Å². The van der Waals surface area contributed by atoms with Crippen LogP contribution in [0.2, 0.25) is 0 Å². The summed E-state index contributed by atoms with van der Waals surface area (Å²) in [6.07, 6.45) is 3.88. The van der Waals surface area contributed by atoms with Crippen molar-refractivity contribution in [1.82, 2.24) is 19.6 Å². The Morgan fingerprint density at radius 1 is 1.00 bits per heavy atom. The molecule has 0 atom stereocenters. The van der Waals surface area contributed by atoms with Crippen LogP contribution < -0.4 is 0 Å². The van der Waals surface area contributed by atoms with Crippen LogP contribution >= 0.6 is 31.9 Å². The lowest BCUT2D eigenvalue weighted by atomic mass is 10.2. The first-order valence-corrected chi connectivity index (χ1v) is 8.43. The van der Waals surface area contributed by atoms with Crippen molar-refractivity contribution in [2.24, 2.45) is 0 Å². The number of pyridine rings is 1. The monoisotopic (exact) mass is 432 g/mol. The van der Waals surface area contributed by atoms with E-state index in [-0.39, 0.29) is 0 Å². The molecule has 0 aliphatic carbocycles. The van der Waals surface area contributed by atoms with Gasteiger partial charge in [0, 0.05) is 22.4 Å². The molecule has 0 spiro atoms. The number of aryl methyl sites for hydroxylation is 1. The fourth-order valence-corrected chi connectivity index (χ4v) is 3.25. The number of aromatic nitrogens is 4. The molecular weight excluding hydrogens is 424 g/mol. The van der Waals surface area contributed by atoms with Crippen molar-refractivity contribution in [3.8, 4) is 23.0 Å². The number of hydrogen-bond donors (Lipinski definition) is 0. The van der Waals surface area contributed by atoms with E-state index in [2.05, 4.69) is 47.0 Å². The molecule has 0 aliphatic heterocycles. The minimum absolute atomic E-state index is 0.399. The molecule has 23 heavy (non-hydrogen) atoms. The number of halogens is 2. The molecule has 3 heterocycles. The first-order valence-electron chi connectivity index (χ1n) is 6.85. The van der Waals surface area contributed by atoms with Crippen molar-refractivity contribution in [3.63, 3.8) is 0 Å². The van der Waals surface area contributed by atoms with Gasteiger partial charge in [-0.15, -0.1) is 10.2 Å². The van der Waals surface area contributed by atoms with Crippen LogP contribution in [0.1, 0.15) is 5.56 Å². The van der Waals surface area contributed by atoms with Gasteiger partial charge in [-0.3, -0.25) is 0 Å². The molecule has 0 saturated heterocycles. The second-order valence-corrected chi connectivity index (χ2v) is 6.91. The summed E-state index contributed by atoms with van der Waals surface area (Å²) < 4.78 is 9.64. The summed E-state index contributed by atoms with van der Waals surface area (Å²) in [5, 5.41) is 8.22. The fourth-order valence-electron chi connectivity index (χ4n) is 2.33. The second kappa shape index (κ2) is 5.58. The average Bonchev–Trinajstić information content (AvgIpc) is 3.14. The van der Waals surface area contributed by atoms with E-state index in [0.717, 1.165) is 25.7 Å². The molecule has 7 heteroatoms. The molecular formula is C16H10Br2N4O. The van der Waals surface area contributed by atoms with E-state index in [1.54, 1.807) is 0 Å². The van der Waals surface area contributed by atoms with Gasteiger partial charge in [0.2, 0.25) is 5.89 Å². The zero-order valence-corrected chi connectivity index (χ0v) is 15.2. The summed E-state index contributed by atoms with van der Waals surface area (Å²) in [6, 6.07) is 9.73. The van der Waals surface area contributed by atoms with Crippen LogP contribution in [0.5, 0.6) is 0 Å². The average molecular weight is 434 g/mol. The quantitative estimate of drug-likeness (QED) is 0.451. The third-order valence-corrected chi connectivity index (χ3v) is 4.49. The maximum atomic E-state index is 5.77. The molecule has 4 aromatic rings. The van der Waals surface area contributed by atoms with Crippen molar-refractivity contribution in [2.45, 2.75) is 6.92 Å². The van der Waals surface area contributed by atoms with Gasteiger partial charge in [-0.25, -0.2) is 4.98 Å². The molecule has 0 bridgehead atoms. The van der Waals surface area contributed by atoms with Gasteiger partial charge in [0.15, 0.2) is 5.65 Å². The molecule has 4 rings (SSSR count). The number of imidazole rings is 1. The molecule has 114 valence electrons. The number of hydrogen-bond acceptors (Lipinski definition) is 4. The van der Waals surface area contributed by atoms with Crippen LogP contribution in [0.4, 0.5) is 0 Å². The van der Waals surface area contributed by atoms with Crippen molar-refractivity contribution in [3.05, 3.63) is 57.2 Å². The lowest BCUT2D eigenvalue weighted by Gasteiger charge is -1.97. The smallest absolute Gasteiger partial charge is 0.268 e. The predicted octanol–water partition coefficient (Wildman–Crippen LogP) is 4.88.